The summed E-state index contributed by atoms with van der Waals surface area (Å²) in [5.41, 5.74) is 0. The van der Waals surface area contributed by atoms with Gasteiger partial charge in [-0.1, -0.05) is 12.1 Å². The zero-order valence-corrected chi connectivity index (χ0v) is 17.6. The lowest BCUT2D eigenvalue weighted by atomic mass is 10.2. The Hall–Kier alpha value is -2.78. The largest absolute Gasteiger partial charge is 0.489 e. The van der Waals surface area contributed by atoms with E-state index in [2.05, 4.69) is 25.8 Å². The van der Waals surface area contributed by atoms with Crippen LogP contribution in [0.25, 0.3) is 10.2 Å². The Morgan fingerprint density at radius 3 is 2.80 bits per heavy atom. The highest BCUT2D eigenvalue weighted by Gasteiger charge is 2.22. The van der Waals surface area contributed by atoms with E-state index in [-0.39, 0.29) is 18.3 Å². The zero-order chi connectivity index (χ0) is 20.9. The number of hydrogen-bond donors (Lipinski definition) is 0. The number of aromatic nitrogens is 2. The predicted octanol–water partition coefficient (Wildman–Crippen LogP) is 2.49. The van der Waals surface area contributed by atoms with Crippen molar-refractivity contribution in [1.29, 1.82) is 0 Å². The van der Waals surface area contributed by atoms with Gasteiger partial charge >= 0.3 is 0 Å². The van der Waals surface area contributed by atoms with Crippen molar-refractivity contribution in [2.45, 2.75) is 0 Å². The first-order valence-corrected chi connectivity index (χ1v) is 10.8. The van der Waals surface area contributed by atoms with Gasteiger partial charge in [0.1, 0.15) is 23.6 Å². The quantitative estimate of drug-likeness (QED) is 0.575. The molecular weight excluding hydrogens is 405 g/mol. The second-order valence-electron chi connectivity index (χ2n) is 7.19. The van der Waals surface area contributed by atoms with Crippen LogP contribution in [-0.4, -0.2) is 78.6 Å². The number of nitrogens with zero attached hydrogens (tertiary/aromatic N) is 5. The summed E-state index contributed by atoms with van der Waals surface area (Å²) in [4.78, 5) is 28.3. The lowest BCUT2D eigenvalue weighted by Crippen LogP contribution is -2.50. The Kier molecular flexibility index (Phi) is 6.39. The van der Waals surface area contributed by atoms with Crippen LogP contribution < -0.4 is 9.64 Å². The highest BCUT2D eigenvalue weighted by Crippen LogP contribution is 2.27. The molecule has 158 valence electrons. The minimum atomic E-state index is -0.396. The molecule has 1 amide bonds. The first-order chi connectivity index (χ1) is 14.6. The number of piperazine rings is 1. The van der Waals surface area contributed by atoms with E-state index in [9.17, 15) is 9.18 Å². The van der Waals surface area contributed by atoms with Crippen LogP contribution in [0.5, 0.6) is 5.75 Å². The lowest BCUT2D eigenvalue weighted by Gasteiger charge is -2.35. The van der Waals surface area contributed by atoms with Gasteiger partial charge in [0.05, 0.1) is 18.5 Å². The number of thiophene rings is 1. The van der Waals surface area contributed by atoms with Crippen LogP contribution in [-0.2, 0) is 4.79 Å². The molecule has 2 aromatic heterocycles. The Morgan fingerprint density at radius 2 is 2.00 bits per heavy atom. The molecule has 1 aliphatic rings. The fourth-order valence-electron chi connectivity index (χ4n) is 3.44. The Balaban J connectivity index is 1.23. The van der Waals surface area contributed by atoms with Crippen LogP contribution in [0.1, 0.15) is 0 Å². The second-order valence-corrected chi connectivity index (χ2v) is 8.09. The molecule has 0 radical (unpaired) electrons. The average molecular weight is 430 g/mol. The van der Waals surface area contributed by atoms with Gasteiger partial charge in [-0.25, -0.2) is 14.4 Å². The van der Waals surface area contributed by atoms with Crippen molar-refractivity contribution in [2.24, 2.45) is 0 Å². The highest BCUT2D eigenvalue weighted by molar-refractivity contribution is 7.16. The first kappa shape index (κ1) is 20.5. The molecule has 3 aromatic rings. The fourth-order valence-corrected chi connectivity index (χ4v) is 4.17. The monoisotopic (exact) mass is 429 g/mol. The number of anilines is 1. The maximum Gasteiger partial charge on any atom is 0.236 e. The number of ether oxygens (including phenoxy) is 1. The summed E-state index contributed by atoms with van der Waals surface area (Å²) < 4.78 is 19.0. The Labute approximate surface area is 178 Å². The van der Waals surface area contributed by atoms with Gasteiger partial charge in [0, 0.05) is 33.2 Å². The van der Waals surface area contributed by atoms with Gasteiger partial charge in [-0.05, 0) is 23.6 Å². The molecule has 1 aromatic carbocycles. The Bertz CT molecular complexity index is 1010. The van der Waals surface area contributed by atoms with Crippen LogP contribution in [0.3, 0.4) is 0 Å². The van der Waals surface area contributed by atoms with Crippen LogP contribution in [0.2, 0.25) is 0 Å². The maximum atomic E-state index is 13.6. The number of amides is 1. The zero-order valence-electron chi connectivity index (χ0n) is 16.8. The molecular formula is C21H24FN5O2S. The summed E-state index contributed by atoms with van der Waals surface area (Å²) >= 11 is 1.61. The van der Waals surface area contributed by atoms with E-state index in [0.29, 0.717) is 13.1 Å². The number of carbonyl (C=O) groups excluding carboxylic acids is 1. The van der Waals surface area contributed by atoms with Crippen LogP contribution in [0.4, 0.5) is 10.2 Å². The third kappa shape index (κ3) is 4.68. The standard InChI is InChI=1S/C21H24FN5O2S/c1-25(11-12-29-18-5-3-2-4-17(18)22)19(28)14-26-7-9-27(10-8-26)20-16-6-13-30-21(16)24-15-23-20/h2-6,13,15H,7-12,14H2,1H3. The molecule has 3 heterocycles. The summed E-state index contributed by atoms with van der Waals surface area (Å²) in [7, 11) is 1.75. The van der Waals surface area contributed by atoms with Crippen molar-refractivity contribution in [1.82, 2.24) is 19.8 Å². The van der Waals surface area contributed by atoms with E-state index in [4.69, 9.17) is 4.74 Å². The normalized spacial score (nSPS) is 14.8. The number of likely N-dealkylation sites (N-methyl/N-ethyl adjacent to an activating group) is 1. The average Bonchev–Trinajstić information content (AvgIpc) is 3.24. The van der Waals surface area contributed by atoms with Crippen molar-refractivity contribution in [2.75, 3.05) is 57.8 Å². The van der Waals surface area contributed by atoms with Gasteiger partial charge < -0.3 is 14.5 Å². The molecule has 0 unspecified atom stereocenters. The lowest BCUT2D eigenvalue weighted by molar-refractivity contribution is -0.131. The number of fused-ring (bicyclic) bond motifs is 1. The number of halogens is 1. The van der Waals surface area contributed by atoms with Crippen molar-refractivity contribution in [3.63, 3.8) is 0 Å². The summed E-state index contributed by atoms with van der Waals surface area (Å²) in [6, 6.07) is 8.33. The van der Waals surface area contributed by atoms with Crippen molar-refractivity contribution < 1.29 is 13.9 Å². The van der Waals surface area contributed by atoms with E-state index < -0.39 is 5.82 Å². The number of carbonyl (C=O) groups is 1. The molecule has 4 rings (SSSR count). The molecule has 0 saturated carbocycles. The fraction of sp³-hybridized carbons (Fsp3) is 0.381. The Morgan fingerprint density at radius 1 is 1.20 bits per heavy atom. The predicted molar refractivity (Wildman–Crippen MR) is 116 cm³/mol. The highest BCUT2D eigenvalue weighted by atomic mass is 32.1. The van der Waals surface area contributed by atoms with E-state index in [0.717, 1.165) is 42.2 Å². The molecule has 30 heavy (non-hydrogen) atoms. The molecule has 7 nitrogen and oxygen atoms in total. The third-order valence-corrected chi connectivity index (χ3v) is 6.04. The van der Waals surface area contributed by atoms with E-state index in [1.807, 2.05) is 5.38 Å². The number of hydrogen-bond acceptors (Lipinski definition) is 7. The number of para-hydroxylation sites is 1. The SMILES string of the molecule is CN(CCOc1ccccc1F)C(=O)CN1CCN(c2ncnc3sccc23)CC1. The van der Waals surface area contributed by atoms with Gasteiger partial charge in [0.25, 0.3) is 0 Å². The van der Waals surface area contributed by atoms with Gasteiger partial charge in [-0.15, -0.1) is 11.3 Å². The summed E-state index contributed by atoms with van der Waals surface area (Å²) in [5, 5.41) is 3.12. The summed E-state index contributed by atoms with van der Waals surface area (Å²) in [5.74, 6) is 0.809. The van der Waals surface area contributed by atoms with Crippen LogP contribution in [0, 0.1) is 5.82 Å². The molecule has 1 fully saturated rings. The van der Waals surface area contributed by atoms with Crippen molar-refractivity contribution in [3.8, 4) is 5.75 Å². The summed E-state index contributed by atoms with van der Waals surface area (Å²) in [6.07, 6.45) is 1.61. The maximum absolute atomic E-state index is 13.6. The number of benzene rings is 1. The minimum absolute atomic E-state index is 0.0304. The first-order valence-electron chi connectivity index (χ1n) is 9.88. The molecule has 0 atom stereocenters. The van der Waals surface area contributed by atoms with Crippen molar-refractivity contribution >= 4 is 33.3 Å². The third-order valence-electron chi connectivity index (χ3n) is 5.22. The summed E-state index contributed by atoms with van der Waals surface area (Å²) in [6.45, 7) is 4.24. The topological polar surface area (TPSA) is 61.8 Å². The molecule has 9 heteroatoms. The minimum Gasteiger partial charge on any atom is -0.489 e. The number of rotatable bonds is 7. The molecule has 1 aliphatic heterocycles. The van der Waals surface area contributed by atoms with Gasteiger partial charge in [0.2, 0.25) is 5.91 Å². The van der Waals surface area contributed by atoms with Crippen LogP contribution in [0.15, 0.2) is 42.0 Å². The smallest absolute Gasteiger partial charge is 0.236 e. The van der Waals surface area contributed by atoms with Crippen LogP contribution >= 0.6 is 11.3 Å². The molecule has 0 aliphatic carbocycles. The molecule has 0 spiro atoms. The molecule has 0 bridgehead atoms. The van der Waals surface area contributed by atoms with E-state index in [1.54, 1.807) is 47.8 Å². The van der Waals surface area contributed by atoms with E-state index in [1.165, 1.54) is 6.07 Å². The van der Waals surface area contributed by atoms with Gasteiger partial charge in [-0.3, -0.25) is 9.69 Å². The van der Waals surface area contributed by atoms with Crippen molar-refractivity contribution in [3.05, 3.63) is 47.9 Å². The van der Waals surface area contributed by atoms with Gasteiger partial charge in [0.15, 0.2) is 11.6 Å². The van der Waals surface area contributed by atoms with E-state index >= 15 is 0 Å². The second kappa shape index (κ2) is 9.36. The molecule has 1 saturated heterocycles. The molecule has 0 N–H and O–H groups in total. The van der Waals surface area contributed by atoms with Gasteiger partial charge in [-0.2, -0.15) is 0 Å².